The molecular weight excluding hydrogens is 520 g/mol. The first-order valence-corrected chi connectivity index (χ1v) is 12.1. The lowest BCUT2D eigenvalue weighted by Gasteiger charge is -2.22. The molecule has 0 heterocycles. The van der Waals surface area contributed by atoms with E-state index in [1.165, 1.54) is 13.8 Å². The van der Waals surface area contributed by atoms with Gasteiger partial charge in [-0.05, 0) is 26.2 Å². The Hall–Kier alpha value is -4.28. The molecule has 17 heteroatoms. The highest BCUT2D eigenvalue weighted by Crippen LogP contribution is 2.05. The summed E-state index contributed by atoms with van der Waals surface area (Å²) < 4.78 is 0. The van der Waals surface area contributed by atoms with Crippen molar-refractivity contribution in [2.75, 3.05) is 32.7 Å². The van der Waals surface area contributed by atoms with Crippen LogP contribution in [-0.2, 0) is 38.4 Å². The van der Waals surface area contributed by atoms with Crippen molar-refractivity contribution >= 4 is 47.3 Å². The Morgan fingerprint density at radius 2 is 1.05 bits per heavy atom. The van der Waals surface area contributed by atoms with Gasteiger partial charge in [-0.1, -0.05) is 13.8 Å². The predicted molar refractivity (Wildman–Crippen MR) is 135 cm³/mol. The standard InChI is InChI=1S/C22H38N8O9/c1-11(2)5-14(30-15(31)6-23)22(39)29-13(4)21(38)27-7-16(32)24-9-18(34)28-12(3)20(37)26-8-17(33)25-10-19(35)36/h11-14H,5-10,23H2,1-4H3,(H,24,32)(H,25,33)(H,26,37)(H,27,38)(H,28,34)(H,29,39)(H,30,31)(H,35,36)/t12-,13-,14-/m0/s1. The van der Waals surface area contributed by atoms with Gasteiger partial charge in [0.05, 0.1) is 26.2 Å². The van der Waals surface area contributed by atoms with E-state index in [0.717, 1.165) is 0 Å². The lowest BCUT2D eigenvalue weighted by molar-refractivity contribution is -0.138. The first-order chi connectivity index (χ1) is 18.2. The van der Waals surface area contributed by atoms with Crippen LogP contribution < -0.4 is 43.0 Å². The summed E-state index contributed by atoms with van der Waals surface area (Å²) in [6.45, 7) is 3.99. The summed E-state index contributed by atoms with van der Waals surface area (Å²) in [5, 5.41) is 24.5. The zero-order valence-corrected chi connectivity index (χ0v) is 22.3. The summed E-state index contributed by atoms with van der Waals surface area (Å²) in [4.78, 5) is 94.0. The molecule has 0 aliphatic heterocycles. The minimum atomic E-state index is -1.25. The van der Waals surface area contributed by atoms with Gasteiger partial charge < -0.3 is 48.1 Å². The largest absolute Gasteiger partial charge is 0.480 e. The Morgan fingerprint density at radius 1 is 0.590 bits per heavy atom. The number of carbonyl (C=O) groups is 8. The third-order valence-electron chi connectivity index (χ3n) is 4.80. The van der Waals surface area contributed by atoms with Gasteiger partial charge in [0.1, 0.15) is 24.7 Å². The minimum Gasteiger partial charge on any atom is -0.480 e. The Bertz CT molecular complexity index is 925. The van der Waals surface area contributed by atoms with Crippen molar-refractivity contribution in [3.8, 4) is 0 Å². The molecule has 0 aromatic heterocycles. The smallest absolute Gasteiger partial charge is 0.322 e. The van der Waals surface area contributed by atoms with Crippen LogP contribution in [0.25, 0.3) is 0 Å². The van der Waals surface area contributed by atoms with E-state index in [-0.39, 0.29) is 12.5 Å². The fraction of sp³-hybridized carbons (Fsp3) is 0.636. The summed E-state index contributed by atoms with van der Waals surface area (Å²) in [5.74, 6) is -5.90. The summed E-state index contributed by atoms with van der Waals surface area (Å²) in [6, 6.07) is -3.00. The summed E-state index contributed by atoms with van der Waals surface area (Å²) >= 11 is 0. The molecule has 0 rings (SSSR count). The Balaban J connectivity index is 4.45. The van der Waals surface area contributed by atoms with Crippen molar-refractivity contribution in [1.82, 2.24) is 37.2 Å². The SMILES string of the molecule is CC(C)C[C@H](NC(=O)CN)C(=O)N[C@@H](C)C(=O)NCC(=O)NCC(=O)N[C@@H](C)C(=O)NCC(=O)NCC(=O)O. The Kier molecular flexibility index (Phi) is 16.1. The second kappa shape index (κ2) is 18.1. The van der Waals surface area contributed by atoms with Crippen LogP contribution in [0.3, 0.4) is 0 Å². The van der Waals surface area contributed by atoms with Gasteiger partial charge in [0, 0.05) is 0 Å². The highest BCUT2D eigenvalue weighted by atomic mass is 16.4. The quantitative estimate of drug-likeness (QED) is 0.0820. The summed E-state index contributed by atoms with van der Waals surface area (Å²) in [7, 11) is 0. The number of nitrogens with two attached hydrogens (primary N) is 1. The summed E-state index contributed by atoms with van der Waals surface area (Å²) in [6.07, 6.45) is 0.318. The van der Waals surface area contributed by atoms with E-state index in [1.54, 1.807) is 0 Å². The van der Waals surface area contributed by atoms with Gasteiger partial charge in [-0.2, -0.15) is 0 Å². The fourth-order valence-corrected chi connectivity index (χ4v) is 2.81. The molecule has 0 fully saturated rings. The monoisotopic (exact) mass is 558 g/mol. The highest BCUT2D eigenvalue weighted by molar-refractivity contribution is 5.94. The molecule has 0 saturated carbocycles. The predicted octanol–water partition coefficient (Wildman–Crippen LogP) is -4.97. The zero-order chi connectivity index (χ0) is 30.1. The third-order valence-corrected chi connectivity index (χ3v) is 4.80. The van der Waals surface area contributed by atoms with Crippen LogP contribution in [0, 0.1) is 5.92 Å². The van der Waals surface area contributed by atoms with Gasteiger partial charge in [0.2, 0.25) is 41.4 Å². The number of hydrogen-bond donors (Lipinski definition) is 9. The van der Waals surface area contributed by atoms with Crippen LogP contribution in [0.2, 0.25) is 0 Å². The molecule has 0 aromatic carbocycles. The van der Waals surface area contributed by atoms with Crippen LogP contribution in [-0.4, -0.2) is 103 Å². The number of carboxylic acid groups (broad SMARTS) is 1. The Labute approximate surface area is 225 Å². The number of rotatable bonds is 17. The number of carboxylic acids is 1. The minimum absolute atomic E-state index is 0.0677. The lowest BCUT2D eigenvalue weighted by Crippen LogP contribution is -2.54. The molecule has 0 aromatic rings. The molecule has 0 saturated heterocycles. The number of nitrogens with one attached hydrogen (secondary N) is 7. The maximum absolute atomic E-state index is 12.5. The fourth-order valence-electron chi connectivity index (χ4n) is 2.81. The summed E-state index contributed by atoms with van der Waals surface area (Å²) in [5.41, 5.74) is 5.27. The molecule has 3 atom stereocenters. The Morgan fingerprint density at radius 3 is 1.51 bits per heavy atom. The van der Waals surface area contributed by atoms with Crippen LogP contribution in [0.15, 0.2) is 0 Å². The van der Waals surface area contributed by atoms with Crippen LogP contribution >= 0.6 is 0 Å². The second-order valence-corrected chi connectivity index (χ2v) is 8.86. The van der Waals surface area contributed by atoms with Crippen LogP contribution in [0.1, 0.15) is 34.1 Å². The first-order valence-electron chi connectivity index (χ1n) is 12.1. The average molecular weight is 559 g/mol. The van der Waals surface area contributed by atoms with E-state index in [2.05, 4.69) is 31.9 Å². The molecule has 0 radical (unpaired) electrons. The molecule has 220 valence electrons. The van der Waals surface area contributed by atoms with Gasteiger partial charge >= 0.3 is 5.97 Å². The van der Waals surface area contributed by atoms with Crippen molar-refractivity contribution in [1.29, 1.82) is 0 Å². The molecule has 7 amide bonds. The van der Waals surface area contributed by atoms with Crippen molar-refractivity contribution in [3.63, 3.8) is 0 Å². The zero-order valence-electron chi connectivity index (χ0n) is 22.3. The van der Waals surface area contributed by atoms with Gasteiger partial charge in [0.15, 0.2) is 0 Å². The number of amides is 7. The molecule has 0 aliphatic carbocycles. The molecule has 17 nitrogen and oxygen atoms in total. The van der Waals surface area contributed by atoms with Crippen molar-refractivity contribution in [3.05, 3.63) is 0 Å². The number of carbonyl (C=O) groups excluding carboxylic acids is 7. The maximum atomic E-state index is 12.5. The highest BCUT2D eigenvalue weighted by Gasteiger charge is 2.25. The maximum Gasteiger partial charge on any atom is 0.322 e. The molecule has 39 heavy (non-hydrogen) atoms. The molecule has 0 unspecified atom stereocenters. The van der Waals surface area contributed by atoms with Crippen molar-refractivity contribution in [2.45, 2.75) is 52.2 Å². The van der Waals surface area contributed by atoms with E-state index in [0.29, 0.717) is 6.42 Å². The van der Waals surface area contributed by atoms with E-state index in [4.69, 9.17) is 10.8 Å². The molecule has 0 spiro atoms. The van der Waals surface area contributed by atoms with E-state index < -0.39 is 91.6 Å². The molecule has 0 bridgehead atoms. The van der Waals surface area contributed by atoms with E-state index in [9.17, 15) is 38.4 Å². The first kappa shape index (κ1) is 34.7. The normalized spacial score (nSPS) is 12.7. The lowest BCUT2D eigenvalue weighted by atomic mass is 10.0. The van der Waals surface area contributed by atoms with E-state index >= 15 is 0 Å². The second-order valence-electron chi connectivity index (χ2n) is 8.86. The van der Waals surface area contributed by atoms with Gasteiger partial charge in [-0.3, -0.25) is 38.4 Å². The van der Waals surface area contributed by atoms with Crippen molar-refractivity contribution in [2.24, 2.45) is 11.7 Å². The third kappa shape index (κ3) is 16.2. The van der Waals surface area contributed by atoms with Crippen LogP contribution in [0.5, 0.6) is 0 Å². The number of aliphatic carboxylic acids is 1. The van der Waals surface area contributed by atoms with Gasteiger partial charge in [-0.15, -0.1) is 0 Å². The van der Waals surface area contributed by atoms with Gasteiger partial charge in [0.25, 0.3) is 0 Å². The van der Waals surface area contributed by atoms with E-state index in [1.807, 2.05) is 19.2 Å². The molecule has 10 N–H and O–H groups in total. The van der Waals surface area contributed by atoms with Gasteiger partial charge in [-0.25, -0.2) is 0 Å². The van der Waals surface area contributed by atoms with Crippen molar-refractivity contribution < 1.29 is 43.5 Å². The molecule has 0 aliphatic rings. The average Bonchev–Trinajstić information content (AvgIpc) is 2.86. The van der Waals surface area contributed by atoms with Crippen LogP contribution in [0.4, 0.5) is 0 Å². The molecular formula is C22H38N8O9. The topological polar surface area (TPSA) is 267 Å². The number of hydrogen-bond acceptors (Lipinski definition) is 9.